The lowest BCUT2D eigenvalue weighted by Crippen LogP contribution is -2.38. The largest absolute Gasteiger partial charge is 0.370 e. The van der Waals surface area contributed by atoms with E-state index in [9.17, 15) is 0 Å². The number of nitrogens with two attached hydrogens (primary N) is 1. The van der Waals surface area contributed by atoms with E-state index in [1.165, 1.54) is 22.8 Å². The summed E-state index contributed by atoms with van der Waals surface area (Å²) in [6.07, 6.45) is 1.15. The zero-order valence-electron chi connectivity index (χ0n) is 11.1. The highest BCUT2D eigenvalue weighted by Crippen LogP contribution is 2.21. The quantitative estimate of drug-likeness (QED) is 0.757. The Kier molecular flexibility index (Phi) is 6.45. The fraction of sp³-hybridized carbons (Fsp3) is 0.571. The highest BCUT2D eigenvalue weighted by molar-refractivity contribution is 7.99. The maximum absolute atomic E-state index is 5.89. The number of thioether (sulfide) groups is 1. The lowest BCUT2D eigenvalue weighted by molar-refractivity contribution is 0.622. The van der Waals surface area contributed by atoms with E-state index in [2.05, 4.69) is 50.1 Å². The summed E-state index contributed by atoms with van der Waals surface area (Å²) >= 11 is 1.99. The number of hydrogen-bond donors (Lipinski definition) is 1. The standard InChI is InChI=1S/C14H24N2S/c1-4-17-10-9-13(11-15)16(3)14-8-6-5-7-12(14)2/h5-8,13H,4,9-11,15H2,1-3H3. The minimum absolute atomic E-state index is 0.440. The first-order valence-corrected chi connectivity index (χ1v) is 7.42. The van der Waals surface area contributed by atoms with Gasteiger partial charge in [-0.25, -0.2) is 0 Å². The van der Waals surface area contributed by atoms with E-state index in [4.69, 9.17) is 5.73 Å². The number of anilines is 1. The summed E-state index contributed by atoms with van der Waals surface area (Å²) in [5.41, 5.74) is 8.50. The SMILES string of the molecule is CCSCCC(CN)N(C)c1ccccc1C. The van der Waals surface area contributed by atoms with Gasteiger partial charge in [0.05, 0.1) is 0 Å². The Morgan fingerprint density at radius 2 is 2.06 bits per heavy atom. The van der Waals surface area contributed by atoms with Crippen LogP contribution in [0, 0.1) is 6.92 Å². The molecule has 0 aliphatic rings. The van der Waals surface area contributed by atoms with Crippen LogP contribution in [0.5, 0.6) is 0 Å². The molecule has 0 fully saturated rings. The fourth-order valence-electron chi connectivity index (χ4n) is 1.99. The summed E-state index contributed by atoms with van der Waals surface area (Å²) in [6, 6.07) is 8.94. The molecule has 0 amide bonds. The number of rotatable bonds is 7. The molecule has 1 aromatic carbocycles. The van der Waals surface area contributed by atoms with Gasteiger partial charge in [0.25, 0.3) is 0 Å². The number of benzene rings is 1. The molecule has 0 radical (unpaired) electrons. The second-order valence-electron chi connectivity index (χ2n) is 4.27. The van der Waals surface area contributed by atoms with Crippen LogP contribution < -0.4 is 10.6 Å². The predicted octanol–water partition coefficient (Wildman–Crippen LogP) is 2.90. The van der Waals surface area contributed by atoms with E-state index < -0.39 is 0 Å². The molecule has 0 saturated carbocycles. The molecule has 1 rings (SSSR count). The molecule has 0 aliphatic heterocycles. The van der Waals surface area contributed by atoms with Gasteiger partial charge in [-0.05, 0) is 36.5 Å². The maximum atomic E-state index is 5.89. The zero-order chi connectivity index (χ0) is 12.7. The summed E-state index contributed by atoms with van der Waals surface area (Å²) in [5.74, 6) is 2.37. The number of aryl methyl sites for hydroxylation is 1. The van der Waals surface area contributed by atoms with E-state index in [1.807, 2.05) is 11.8 Å². The van der Waals surface area contributed by atoms with Crippen LogP contribution in [0.1, 0.15) is 18.9 Å². The van der Waals surface area contributed by atoms with Crippen molar-refractivity contribution in [3.63, 3.8) is 0 Å². The Hall–Kier alpha value is -0.670. The molecule has 17 heavy (non-hydrogen) atoms. The van der Waals surface area contributed by atoms with Gasteiger partial charge in [-0.3, -0.25) is 0 Å². The first-order valence-electron chi connectivity index (χ1n) is 6.27. The normalized spacial score (nSPS) is 12.5. The zero-order valence-corrected chi connectivity index (χ0v) is 12.0. The Balaban J connectivity index is 2.65. The van der Waals surface area contributed by atoms with E-state index in [1.54, 1.807) is 0 Å². The van der Waals surface area contributed by atoms with E-state index in [0.717, 1.165) is 13.0 Å². The van der Waals surface area contributed by atoms with Crippen molar-refractivity contribution in [2.24, 2.45) is 5.73 Å². The van der Waals surface area contributed by atoms with Gasteiger partial charge < -0.3 is 10.6 Å². The molecule has 0 spiro atoms. The van der Waals surface area contributed by atoms with Gasteiger partial charge in [-0.15, -0.1) is 0 Å². The molecule has 0 heterocycles. The van der Waals surface area contributed by atoms with Gasteiger partial charge in [0.15, 0.2) is 0 Å². The topological polar surface area (TPSA) is 29.3 Å². The summed E-state index contributed by atoms with van der Waals surface area (Å²) in [5, 5.41) is 0. The van der Waals surface area contributed by atoms with Gasteiger partial charge in [0.2, 0.25) is 0 Å². The number of hydrogen-bond acceptors (Lipinski definition) is 3. The minimum Gasteiger partial charge on any atom is -0.370 e. The average Bonchev–Trinajstić information content (AvgIpc) is 2.35. The minimum atomic E-state index is 0.440. The van der Waals surface area contributed by atoms with Gasteiger partial charge >= 0.3 is 0 Å². The molecule has 0 aliphatic carbocycles. The van der Waals surface area contributed by atoms with Crippen LogP contribution in [-0.2, 0) is 0 Å². The predicted molar refractivity (Wildman–Crippen MR) is 80.0 cm³/mol. The maximum Gasteiger partial charge on any atom is 0.0417 e. The molecule has 96 valence electrons. The fourth-order valence-corrected chi connectivity index (χ4v) is 2.72. The van der Waals surface area contributed by atoms with Crippen LogP contribution in [0.2, 0.25) is 0 Å². The van der Waals surface area contributed by atoms with Crippen molar-refractivity contribution >= 4 is 17.4 Å². The summed E-state index contributed by atoms with van der Waals surface area (Å²) in [4.78, 5) is 2.32. The van der Waals surface area contributed by atoms with Crippen LogP contribution in [-0.4, -0.2) is 31.1 Å². The summed E-state index contributed by atoms with van der Waals surface area (Å²) < 4.78 is 0. The number of para-hydroxylation sites is 1. The van der Waals surface area contributed by atoms with Crippen LogP contribution in [0.25, 0.3) is 0 Å². The highest BCUT2D eigenvalue weighted by atomic mass is 32.2. The molecule has 0 aromatic heterocycles. The van der Waals surface area contributed by atoms with E-state index in [0.29, 0.717) is 6.04 Å². The molecule has 1 atom stereocenters. The monoisotopic (exact) mass is 252 g/mol. The molecule has 0 saturated heterocycles. The summed E-state index contributed by atoms with van der Waals surface area (Å²) in [7, 11) is 2.15. The average molecular weight is 252 g/mol. The van der Waals surface area contributed by atoms with Crippen molar-refractivity contribution in [2.45, 2.75) is 26.3 Å². The second kappa shape index (κ2) is 7.62. The number of nitrogens with zero attached hydrogens (tertiary/aromatic N) is 1. The van der Waals surface area contributed by atoms with Crippen LogP contribution in [0.15, 0.2) is 24.3 Å². The third kappa shape index (κ3) is 4.25. The third-order valence-electron chi connectivity index (χ3n) is 3.11. The van der Waals surface area contributed by atoms with Crippen molar-refractivity contribution in [3.8, 4) is 0 Å². The van der Waals surface area contributed by atoms with Crippen LogP contribution in [0.3, 0.4) is 0 Å². The molecule has 1 unspecified atom stereocenters. The summed E-state index contributed by atoms with van der Waals surface area (Å²) in [6.45, 7) is 5.07. The van der Waals surface area contributed by atoms with Gasteiger partial charge in [0, 0.05) is 25.3 Å². The Morgan fingerprint density at radius 3 is 2.65 bits per heavy atom. The van der Waals surface area contributed by atoms with Crippen molar-refractivity contribution in [3.05, 3.63) is 29.8 Å². The molecular weight excluding hydrogens is 228 g/mol. The van der Waals surface area contributed by atoms with Crippen molar-refractivity contribution < 1.29 is 0 Å². The Labute approximate surface area is 110 Å². The first kappa shape index (κ1) is 14.4. The Bertz CT molecular complexity index is 328. The van der Waals surface area contributed by atoms with E-state index >= 15 is 0 Å². The number of likely N-dealkylation sites (N-methyl/N-ethyl adjacent to an activating group) is 1. The molecule has 0 bridgehead atoms. The lowest BCUT2D eigenvalue weighted by atomic mass is 10.1. The van der Waals surface area contributed by atoms with Crippen molar-refractivity contribution in [1.29, 1.82) is 0 Å². The molecular formula is C14H24N2S. The Morgan fingerprint density at radius 1 is 1.35 bits per heavy atom. The lowest BCUT2D eigenvalue weighted by Gasteiger charge is -2.30. The van der Waals surface area contributed by atoms with Crippen molar-refractivity contribution in [2.75, 3.05) is 30.0 Å². The smallest absolute Gasteiger partial charge is 0.0417 e. The highest BCUT2D eigenvalue weighted by Gasteiger charge is 2.14. The molecule has 2 N–H and O–H groups in total. The van der Waals surface area contributed by atoms with Gasteiger partial charge in [-0.1, -0.05) is 25.1 Å². The molecule has 1 aromatic rings. The molecule has 3 heteroatoms. The molecule has 2 nitrogen and oxygen atoms in total. The van der Waals surface area contributed by atoms with Crippen molar-refractivity contribution in [1.82, 2.24) is 0 Å². The second-order valence-corrected chi connectivity index (χ2v) is 5.67. The van der Waals surface area contributed by atoms with E-state index in [-0.39, 0.29) is 0 Å². The van der Waals surface area contributed by atoms with Crippen LogP contribution >= 0.6 is 11.8 Å². The van der Waals surface area contributed by atoms with Crippen LogP contribution in [0.4, 0.5) is 5.69 Å². The van der Waals surface area contributed by atoms with Gasteiger partial charge in [0.1, 0.15) is 0 Å². The third-order valence-corrected chi connectivity index (χ3v) is 4.05. The first-order chi connectivity index (χ1) is 8.20. The van der Waals surface area contributed by atoms with Gasteiger partial charge in [-0.2, -0.15) is 11.8 Å².